The van der Waals surface area contributed by atoms with Crippen LogP contribution in [0.5, 0.6) is 0 Å². The normalized spacial score (nSPS) is 16.0. The first-order chi connectivity index (χ1) is 12.4. The van der Waals surface area contributed by atoms with Gasteiger partial charge in [0.2, 0.25) is 9.04 Å². The molecule has 138 valence electrons. The number of carbonyl (C=O) groups is 1. The minimum atomic E-state index is -1.90. The highest BCUT2D eigenvalue weighted by Gasteiger charge is 2.34. The molecule has 1 aliphatic rings. The van der Waals surface area contributed by atoms with E-state index >= 15 is 0 Å². The first-order valence-electron chi connectivity index (χ1n) is 9.24. The zero-order chi connectivity index (χ0) is 18.6. The van der Waals surface area contributed by atoms with E-state index in [1.54, 1.807) is 0 Å². The lowest BCUT2D eigenvalue weighted by molar-refractivity contribution is 0.0347. The van der Waals surface area contributed by atoms with Crippen LogP contribution in [-0.2, 0) is 4.43 Å². The van der Waals surface area contributed by atoms with Gasteiger partial charge in [0.25, 0.3) is 0 Å². The van der Waals surface area contributed by atoms with E-state index in [4.69, 9.17) is 4.43 Å². The van der Waals surface area contributed by atoms with Crippen LogP contribution in [0, 0.1) is 5.41 Å². The molecule has 0 radical (unpaired) electrons. The van der Waals surface area contributed by atoms with Gasteiger partial charge in [0.1, 0.15) is 6.23 Å². The van der Waals surface area contributed by atoms with Gasteiger partial charge in [-0.15, -0.1) is 0 Å². The first-order valence-corrected chi connectivity index (χ1v) is 10.9. The maximum Gasteiger partial charge on any atom is 0.319 e. The molecule has 1 heterocycles. The Morgan fingerprint density at radius 3 is 2.00 bits per heavy atom. The summed E-state index contributed by atoms with van der Waals surface area (Å²) >= 11 is 0. The smallest absolute Gasteiger partial charge is 0.319 e. The molecule has 2 aromatic carbocycles. The molecule has 4 nitrogen and oxygen atoms in total. The van der Waals surface area contributed by atoms with Crippen molar-refractivity contribution in [2.24, 2.45) is 5.41 Å². The van der Waals surface area contributed by atoms with Gasteiger partial charge in [0.15, 0.2) is 0 Å². The Hall–Kier alpha value is -2.11. The molecule has 5 heteroatoms. The SMILES string of the molecule is CC(C)(C)CC(O[SiH](c1ccccc1)c1ccccc1)N1CCNC1=O. The average molecular weight is 369 g/mol. The molecule has 1 fully saturated rings. The molecule has 0 spiro atoms. The molecular formula is C21H28N2O2Si. The minimum Gasteiger partial charge on any atom is -0.391 e. The van der Waals surface area contributed by atoms with Gasteiger partial charge in [0, 0.05) is 13.1 Å². The highest BCUT2D eigenvalue weighted by Crippen LogP contribution is 2.25. The van der Waals surface area contributed by atoms with Crippen molar-refractivity contribution in [3.63, 3.8) is 0 Å². The topological polar surface area (TPSA) is 41.6 Å². The lowest BCUT2D eigenvalue weighted by Gasteiger charge is -2.35. The van der Waals surface area contributed by atoms with Crippen LogP contribution in [0.3, 0.4) is 0 Å². The van der Waals surface area contributed by atoms with Gasteiger partial charge >= 0.3 is 6.03 Å². The van der Waals surface area contributed by atoms with Crippen molar-refractivity contribution in [1.29, 1.82) is 0 Å². The molecule has 2 aromatic rings. The van der Waals surface area contributed by atoms with Crippen molar-refractivity contribution in [3.8, 4) is 0 Å². The van der Waals surface area contributed by atoms with E-state index in [1.165, 1.54) is 10.4 Å². The Labute approximate surface area is 157 Å². The van der Waals surface area contributed by atoms with E-state index < -0.39 is 9.04 Å². The molecule has 0 bridgehead atoms. The predicted octanol–water partition coefficient (Wildman–Crippen LogP) is 2.33. The van der Waals surface area contributed by atoms with Crippen molar-refractivity contribution in [2.75, 3.05) is 13.1 Å². The van der Waals surface area contributed by atoms with Crippen LogP contribution in [0.1, 0.15) is 27.2 Å². The van der Waals surface area contributed by atoms with Crippen LogP contribution in [0.4, 0.5) is 4.79 Å². The van der Waals surface area contributed by atoms with Crippen LogP contribution in [-0.4, -0.2) is 39.3 Å². The fraction of sp³-hybridized carbons (Fsp3) is 0.381. The predicted molar refractivity (Wildman–Crippen MR) is 108 cm³/mol. The molecule has 1 N–H and O–H groups in total. The third-order valence-electron chi connectivity index (χ3n) is 4.52. The Kier molecular flexibility index (Phi) is 5.79. The Balaban J connectivity index is 1.92. The molecule has 0 saturated carbocycles. The molecule has 1 aliphatic heterocycles. The van der Waals surface area contributed by atoms with E-state index in [-0.39, 0.29) is 17.7 Å². The number of hydrogen-bond acceptors (Lipinski definition) is 2. The highest BCUT2D eigenvalue weighted by molar-refractivity contribution is 6.80. The number of nitrogens with one attached hydrogen (secondary N) is 1. The zero-order valence-corrected chi connectivity index (χ0v) is 17.0. The minimum absolute atomic E-state index is 0.0203. The fourth-order valence-corrected chi connectivity index (χ4v) is 5.68. The van der Waals surface area contributed by atoms with Crippen LogP contribution in [0.15, 0.2) is 60.7 Å². The molecule has 1 atom stereocenters. The van der Waals surface area contributed by atoms with E-state index in [0.29, 0.717) is 13.1 Å². The maximum absolute atomic E-state index is 12.3. The van der Waals surface area contributed by atoms with E-state index in [1.807, 2.05) is 17.0 Å². The molecule has 0 aromatic heterocycles. The van der Waals surface area contributed by atoms with E-state index in [0.717, 1.165) is 6.42 Å². The third kappa shape index (κ3) is 4.74. The molecule has 1 unspecified atom stereocenters. The lowest BCUT2D eigenvalue weighted by atomic mass is 9.91. The number of benzene rings is 2. The number of nitrogens with zero attached hydrogens (tertiary/aromatic N) is 1. The number of carbonyl (C=O) groups excluding carboxylic acids is 1. The number of amides is 2. The summed E-state index contributed by atoms with van der Waals surface area (Å²) in [4.78, 5) is 14.2. The summed E-state index contributed by atoms with van der Waals surface area (Å²) in [5, 5.41) is 5.38. The second-order valence-electron chi connectivity index (χ2n) is 7.98. The quantitative estimate of drug-likeness (QED) is 0.795. The zero-order valence-electron chi connectivity index (χ0n) is 15.8. The first kappa shape index (κ1) is 18.7. The largest absolute Gasteiger partial charge is 0.391 e. The molecular weight excluding hydrogens is 340 g/mol. The van der Waals surface area contributed by atoms with Gasteiger partial charge in [-0.25, -0.2) is 4.79 Å². The number of rotatable bonds is 6. The fourth-order valence-electron chi connectivity index (χ4n) is 3.28. The third-order valence-corrected chi connectivity index (χ3v) is 7.09. The Bertz CT molecular complexity index is 676. The van der Waals surface area contributed by atoms with Crippen molar-refractivity contribution in [2.45, 2.75) is 33.4 Å². The van der Waals surface area contributed by atoms with Crippen LogP contribution >= 0.6 is 0 Å². The highest BCUT2D eigenvalue weighted by atomic mass is 28.3. The van der Waals surface area contributed by atoms with Gasteiger partial charge in [0.05, 0.1) is 0 Å². The summed E-state index contributed by atoms with van der Waals surface area (Å²) in [5.41, 5.74) is 0.0693. The Morgan fingerprint density at radius 1 is 1.04 bits per heavy atom. The van der Waals surface area contributed by atoms with Gasteiger partial charge in [-0.05, 0) is 22.2 Å². The summed E-state index contributed by atoms with van der Waals surface area (Å²) in [5.74, 6) is 0. The van der Waals surface area contributed by atoms with E-state index in [2.05, 4.69) is 74.6 Å². The lowest BCUT2D eigenvalue weighted by Crippen LogP contribution is -2.52. The van der Waals surface area contributed by atoms with Crippen molar-refractivity contribution in [3.05, 3.63) is 60.7 Å². The summed E-state index contributed by atoms with van der Waals surface area (Å²) in [6.07, 6.45) is 0.596. The molecule has 0 aliphatic carbocycles. The summed E-state index contributed by atoms with van der Waals surface area (Å²) < 4.78 is 6.76. The van der Waals surface area contributed by atoms with Gasteiger partial charge in [-0.3, -0.25) is 4.90 Å². The van der Waals surface area contributed by atoms with Gasteiger partial charge in [-0.2, -0.15) is 0 Å². The van der Waals surface area contributed by atoms with Crippen molar-refractivity contribution >= 4 is 25.4 Å². The molecule has 3 rings (SSSR count). The van der Waals surface area contributed by atoms with Crippen LogP contribution < -0.4 is 15.7 Å². The monoisotopic (exact) mass is 368 g/mol. The summed E-state index contributed by atoms with van der Waals surface area (Å²) in [6.45, 7) is 7.97. The van der Waals surface area contributed by atoms with Crippen molar-refractivity contribution < 1.29 is 9.22 Å². The molecule has 2 amide bonds. The van der Waals surface area contributed by atoms with Gasteiger partial charge in [-0.1, -0.05) is 81.4 Å². The maximum atomic E-state index is 12.3. The second kappa shape index (κ2) is 8.06. The summed E-state index contributed by atoms with van der Waals surface area (Å²) in [6, 6.07) is 20.8. The molecule has 1 saturated heterocycles. The van der Waals surface area contributed by atoms with Crippen molar-refractivity contribution in [1.82, 2.24) is 10.2 Å². The average Bonchev–Trinajstić information content (AvgIpc) is 3.05. The number of urea groups is 1. The van der Waals surface area contributed by atoms with Crippen LogP contribution in [0.2, 0.25) is 0 Å². The molecule has 26 heavy (non-hydrogen) atoms. The standard InChI is InChI=1S/C21H28N2O2Si/c1-21(2,3)16-19(23-15-14-22-20(23)24)25-26(17-10-6-4-7-11-17)18-12-8-5-9-13-18/h4-13,19,26H,14-16H2,1-3H3,(H,22,24). The van der Waals surface area contributed by atoms with Crippen LogP contribution in [0.25, 0.3) is 0 Å². The second-order valence-corrected chi connectivity index (χ2v) is 10.3. The van der Waals surface area contributed by atoms with E-state index in [9.17, 15) is 4.79 Å². The Morgan fingerprint density at radius 2 is 1.58 bits per heavy atom. The summed E-state index contributed by atoms with van der Waals surface area (Å²) in [7, 11) is -1.90. The van der Waals surface area contributed by atoms with Gasteiger partial charge < -0.3 is 9.74 Å². The number of hydrogen-bond donors (Lipinski definition) is 1.